The summed E-state index contributed by atoms with van der Waals surface area (Å²) in [6.45, 7) is 6.49. The molecule has 0 aliphatic carbocycles. The van der Waals surface area contributed by atoms with Gasteiger partial charge in [0, 0.05) is 10.7 Å². The number of nitrogens with zero attached hydrogens (tertiary/aromatic N) is 1. The van der Waals surface area contributed by atoms with Gasteiger partial charge in [0.05, 0.1) is 5.69 Å². The van der Waals surface area contributed by atoms with Crippen LogP contribution in [0.2, 0.25) is 0 Å². The minimum atomic E-state index is 0.0968. The monoisotopic (exact) mass is 231 g/mol. The summed E-state index contributed by atoms with van der Waals surface area (Å²) in [6.07, 6.45) is 2.57. The molecule has 0 aromatic carbocycles. The van der Waals surface area contributed by atoms with Gasteiger partial charge in [0.2, 0.25) is 0 Å². The van der Waals surface area contributed by atoms with E-state index in [-0.39, 0.29) is 5.41 Å². The molecule has 1 aromatic heterocycles. The topological polar surface area (TPSA) is 26.0 Å². The van der Waals surface area contributed by atoms with E-state index >= 15 is 0 Å². The molecule has 0 unspecified atom stereocenters. The molecule has 0 atom stereocenters. The highest BCUT2D eigenvalue weighted by molar-refractivity contribution is 9.08. The summed E-state index contributed by atoms with van der Waals surface area (Å²) in [6, 6.07) is 0. The van der Waals surface area contributed by atoms with Crippen LogP contribution < -0.4 is 0 Å². The van der Waals surface area contributed by atoms with Gasteiger partial charge in [-0.25, -0.2) is 4.98 Å². The maximum Gasteiger partial charge on any atom is 0.181 e. The van der Waals surface area contributed by atoms with E-state index in [0.717, 1.165) is 23.2 Å². The molecule has 0 spiro atoms. The molecule has 0 saturated carbocycles. The van der Waals surface area contributed by atoms with Gasteiger partial charge < -0.3 is 4.42 Å². The molecule has 0 saturated heterocycles. The van der Waals surface area contributed by atoms with Crippen LogP contribution in [0.3, 0.4) is 0 Å². The summed E-state index contributed by atoms with van der Waals surface area (Å²) in [5.74, 6) is 1.00. The number of hydrogen-bond acceptors (Lipinski definition) is 2. The van der Waals surface area contributed by atoms with Crippen LogP contribution >= 0.6 is 15.9 Å². The SMILES string of the molecule is CCC(C)(C)c1ocnc1CBr. The van der Waals surface area contributed by atoms with Crippen molar-refractivity contribution in [2.24, 2.45) is 0 Å². The molecule has 68 valence electrons. The Bertz CT molecular complexity index is 255. The predicted octanol–water partition coefficient (Wildman–Crippen LogP) is 3.26. The summed E-state index contributed by atoms with van der Waals surface area (Å²) < 4.78 is 5.37. The maximum atomic E-state index is 5.37. The lowest BCUT2D eigenvalue weighted by Gasteiger charge is -2.19. The zero-order chi connectivity index (χ0) is 9.19. The van der Waals surface area contributed by atoms with Gasteiger partial charge in [-0.1, -0.05) is 36.7 Å². The van der Waals surface area contributed by atoms with Gasteiger partial charge in [0.15, 0.2) is 6.39 Å². The zero-order valence-corrected chi connectivity index (χ0v) is 9.31. The Hall–Kier alpha value is -0.310. The van der Waals surface area contributed by atoms with Crippen molar-refractivity contribution in [3.63, 3.8) is 0 Å². The average Bonchev–Trinajstić information content (AvgIpc) is 2.52. The lowest BCUT2D eigenvalue weighted by molar-refractivity contribution is 0.372. The number of halogens is 1. The van der Waals surface area contributed by atoms with Gasteiger partial charge in [0.1, 0.15) is 5.76 Å². The summed E-state index contributed by atoms with van der Waals surface area (Å²) in [4.78, 5) is 4.14. The zero-order valence-electron chi connectivity index (χ0n) is 7.72. The van der Waals surface area contributed by atoms with Crippen molar-refractivity contribution in [3.05, 3.63) is 17.8 Å². The van der Waals surface area contributed by atoms with Crippen molar-refractivity contribution in [1.29, 1.82) is 0 Å². The minimum Gasteiger partial charge on any atom is -0.448 e. The molecule has 0 bridgehead atoms. The van der Waals surface area contributed by atoms with E-state index < -0.39 is 0 Å². The second kappa shape index (κ2) is 3.60. The Labute approximate surface area is 81.5 Å². The molecule has 12 heavy (non-hydrogen) atoms. The molecule has 1 heterocycles. The molecule has 0 aliphatic heterocycles. The fraction of sp³-hybridized carbons (Fsp3) is 0.667. The van der Waals surface area contributed by atoms with E-state index in [0.29, 0.717) is 0 Å². The molecule has 0 radical (unpaired) electrons. The smallest absolute Gasteiger partial charge is 0.181 e. The third-order valence-electron chi connectivity index (χ3n) is 2.27. The van der Waals surface area contributed by atoms with E-state index in [4.69, 9.17) is 4.42 Å². The molecule has 0 amide bonds. The van der Waals surface area contributed by atoms with Gasteiger partial charge in [-0.15, -0.1) is 0 Å². The van der Waals surface area contributed by atoms with E-state index in [1.54, 1.807) is 0 Å². The maximum absolute atomic E-state index is 5.37. The lowest BCUT2D eigenvalue weighted by atomic mass is 9.86. The first kappa shape index (κ1) is 9.78. The molecule has 2 nitrogen and oxygen atoms in total. The Balaban J connectivity index is 3.00. The summed E-state index contributed by atoms with van der Waals surface area (Å²) >= 11 is 3.39. The van der Waals surface area contributed by atoms with E-state index in [9.17, 15) is 0 Å². The van der Waals surface area contributed by atoms with E-state index in [2.05, 4.69) is 41.7 Å². The Morgan fingerprint density at radius 3 is 2.75 bits per heavy atom. The fourth-order valence-corrected chi connectivity index (χ4v) is 1.47. The molecule has 1 aromatic rings. The van der Waals surface area contributed by atoms with Crippen LogP contribution in [-0.2, 0) is 10.7 Å². The van der Waals surface area contributed by atoms with E-state index in [1.807, 2.05) is 0 Å². The van der Waals surface area contributed by atoms with Crippen LogP contribution in [0, 0.1) is 0 Å². The first-order chi connectivity index (χ1) is 5.61. The van der Waals surface area contributed by atoms with Crippen molar-refractivity contribution in [3.8, 4) is 0 Å². The van der Waals surface area contributed by atoms with Crippen LogP contribution in [0.25, 0.3) is 0 Å². The van der Waals surface area contributed by atoms with Gasteiger partial charge in [-0.3, -0.25) is 0 Å². The first-order valence-corrected chi connectivity index (χ1v) is 5.22. The number of alkyl halides is 1. The van der Waals surface area contributed by atoms with E-state index in [1.165, 1.54) is 6.39 Å². The fourth-order valence-electron chi connectivity index (χ4n) is 1.08. The molecule has 3 heteroatoms. The minimum absolute atomic E-state index is 0.0968. The van der Waals surface area contributed by atoms with Crippen LogP contribution in [0.5, 0.6) is 0 Å². The van der Waals surface area contributed by atoms with Gasteiger partial charge >= 0.3 is 0 Å². The number of hydrogen-bond donors (Lipinski definition) is 0. The highest BCUT2D eigenvalue weighted by Crippen LogP contribution is 2.29. The molecular weight excluding hydrogens is 218 g/mol. The average molecular weight is 232 g/mol. The van der Waals surface area contributed by atoms with Crippen LogP contribution in [0.4, 0.5) is 0 Å². The summed E-state index contributed by atoms with van der Waals surface area (Å²) in [5.41, 5.74) is 1.11. The van der Waals surface area contributed by atoms with Crippen molar-refractivity contribution in [2.75, 3.05) is 0 Å². The van der Waals surface area contributed by atoms with Gasteiger partial charge in [-0.2, -0.15) is 0 Å². The van der Waals surface area contributed by atoms with Gasteiger partial charge in [0.25, 0.3) is 0 Å². The van der Waals surface area contributed by atoms with Crippen molar-refractivity contribution in [1.82, 2.24) is 4.98 Å². The van der Waals surface area contributed by atoms with Crippen LogP contribution in [0.1, 0.15) is 38.6 Å². The molecule has 0 N–H and O–H groups in total. The summed E-state index contributed by atoms with van der Waals surface area (Å²) in [5, 5.41) is 0.766. The Morgan fingerprint density at radius 2 is 2.25 bits per heavy atom. The molecule has 1 rings (SSSR count). The van der Waals surface area contributed by atoms with Crippen molar-refractivity contribution in [2.45, 2.75) is 37.9 Å². The number of oxazole rings is 1. The second-order valence-electron chi connectivity index (χ2n) is 3.50. The third-order valence-corrected chi connectivity index (χ3v) is 2.80. The molecule has 0 fully saturated rings. The largest absolute Gasteiger partial charge is 0.448 e. The van der Waals surface area contributed by atoms with Gasteiger partial charge in [-0.05, 0) is 6.42 Å². The highest BCUT2D eigenvalue weighted by Gasteiger charge is 2.25. The Kier molecular flexibility index (Phi) is 2.94. The second-order valence-corrected chi connectivity index (χ2v) is 4.06. The lowest BCUT2D eigenvalue weighted by Crippen LogP contribution is -2.16. The third kappa shape index (κ3) is 1.71. The highest BCUT2D eigenvalue weighted by atomic mass is 79.9. The van der Waals surface area contributed by atoms with Crippen LogP contribution in [0.15, 0.2) is 10.8 Å². The quantitative estimate of drug-likeness (QED) is 0.747. The molecule has 0 aliphatic rings. The number of rotatable bonds is 3. The van der Waals surface area contributed by atoms with Crippen molar-refractivity contribution < 1.29 is 4.42 Å². The molecular formula is C9H14BrNO. The Morgan fingerprint density at radius 1 is 1.58 bits per heavy atom. The predicted molar refractivity (Wildman–Crippen MR) is 52.5 cm³/mol. The standard InChI is InChI=1S/C9H14BrNO/c1-4-9(2,3)8-7(5-10)11-6-12-8/h6H,4-5H2,1-3H3. The first-order valence-electron chi connectivity index (χ1n) is 4.10. The van der Waals surface area contributed by atoms with Crippen LogP contribution in [-0.4, -0.2) is 4.98 Å². The number of aromatic nitrogens is 1. The summed E-state index contributed by atoms with van der Waals surface area (Å²) in [7, 11) is 0. The normalized spacial score (nSPS) is 12.0. The van der Waals surface area contributed by atoms with Crippen molar-refractivity contribution >= 4 is 15.9 Å².